The molecule has 2 aromatic rings. The largest absolute Gasteiger partial charge is 0.481 e. The van der Waals surface area contributed by atoms with Crippen LogP contribution in [0.2, 0.25) is 0 Å². The summed E-state index contributed by atoms with van der Waals surface area (Å²) in [6.07, 6.45) is -0.639. The van der Waals surface area contributed by atoms with Crippen molar-refractivity contribution >= 4 is 5.91 Å². The lowest BCUT2D eigenvalue weighted by molar-refractivity contribution is -0.128. The van der Waals surface area contributed by atoms with Gasteiger partial charge in [-0.2, -0.15) is 0 Å². The van der Waals surface area contributed by atoms with Gasteiger partial charge in [0.1, 0.15) is 5.75 Å². The van der Waals surface area contributed by atoms with Crippen LogP contribution in [0.3, 0.4) is 0 Å². The average molecular weight is 299 g/mol. The minimum absolute atomic E-state index is 0.160. The quantitative estimate of drug-likeness (QED) is 0.862. The summed E-state index contributed by atoms with van der Waals surface area (Å²) in [5.41, 5.74) is 1.93. The van der Waals surface area contributed by atoms with Crippen LogP contribution in [0, 0.1) is 6.92 Å². The molecule has 0 aliphatic heterocycles. The van der Waals surface area contributed by atoms with E-state index in [1.54, 1.807) is 6.92 Å². The van der Waals surface area contributed by atoms with Crippen molar-refractivity contribution in [2.75, 3.05) is 6.61 Å². The van der Waals surface area contributed by atoms with Gasteiger partial charge in [-0.1, -0.05) is 42.5 Å². The van der Waals surface area contributed by atoms with Gasteiger partial charge in [-0.15, -0.1) is 0 Å². The molecule has 4 heteroatoms. The van der Waals surface area contributed by atoms with Gasteiger partial charge in [0.05, 0.1) is 12.6 Å². The summed E-state index contributed by atoms with van der Waals surface area (Å²) in [7, 11) is 0. The van der Waals surface area contributed by atoms with E-state index in [9.17, 15) is 9.90 Å². The number of carbonyl (C=O) groups excluding carboxylic acids is 1. The van der Waals surface area contributed by atoms with Crippen molar-refractivity contribution in [2.45, 2.75) is 26.0 Å². The lowest BCUT2D eigenvalue weighted by Gasteiger charge is -2.20. The van der Waals surface area contributed by atoms with Crippen LogP contribution in [-0.2, 0) is 4.79 Å². The maximum atomic E-state index is 12.2. The van der Waals surface area contributed by atoms with E-state index in [2.05, 4.69) is 5.32 Å². The highest BCUT2D eigenvalue weighted by atomic mass is 16.5. The molecule has 116 valence electrons. The van der Waals surface area contributed by atoms with E-state index in [-0.39, 0.29) is 12.5 Å². The number of carbonyl (C=O) groups is 1. The lowest BCUT2D eigenvalue weighted by Crippen LogP contribution is -2.39. The molecule has 0 aromatic heterocycles. The maximum Gasteiger partial charge on any atom is 0.261 e. The highest BCUT2D eigenvalue weighted by Gasteiger charge is 2.19. The molecule has 2 atom stereocenters. The summed E-state index contributed by atoms with van der Waals surface area (Å²) < 4.78 is 5.64. The van der Waals surface area contributed by atoms with Crippen molar-refractivity contribution < 1.29 is 14.6 Å². The SMILES string of the molecule is Cc1cccc(OC(C)C(=O)NC(CO)c2ccccc2)c1. The Morgan fingerprint density at radius 2 is 1.91 bits per heavy atom. The number of hydrogen-bond donors (Lipinski definition) is 2. The lowest BCUT2D eigenvalue weighted by atomic mass is 10.1. The van der Waals surface area contributed by atoms with E-state index in [0.29, 0.717) is 5.75 Å². The smallest absolute Gasteiger partial charge is 0.261 e. The maximum absolute atomic E-state index is 12.2. The fraction of sp³-hybridized carbons (Fsp3) is 0.278. The fourth-order valence-electron chi connectivity index (χ4n) is 2.16. The summed E-state index contributed by atoms with van der Waals surface area (Å²) in [4.78, 5) is 12.2. The molecule has 2 N–H and O–H groups in total. The number of nitrogens with one attached hydrogen (secondary N) is 1. The number of amides is 1. The van der Waals surface area contributed by atoms with Crippen LogP contribution in [-0.4, -0.2) is 23.7 Å². The van der Waals surface area contributed by atoms with E-state index in [4.69, 9.17) is 4.74 Å². The second-order valence-corrected chi connectivity index (χ2v) is 5.23. The van der Waals surface area contributed by atoms with Crippen LogP contribution in [0.15, 0.2) is 54.6 Å². The molecule has 0 saturated carbocycles. The molecule has 0 saturated heterocycles. The first-order valence-corrected chi connectivity index (χ1v) is 7.29. The van der Waals surface area contributed by atoms with Gasteiger partial charge >= 0.3 is 0 Å². The molecule has 2 aromatic carbocycles. The average Bonchev–Trinajstić information content (AvgIpc) is 2.53. The summed E-state index contributed by atoms with van der Waals surface area (Å²) >= 11 is 0. The summed E-state index contributed by atoms with van der Waals surface area (Å²) in [6.45, 7) is 3.50. The van der Waals surface area contributed by atoms with Crippen molar-refractivity contribution in [2.24, 2.45) is 0 Å². The molecular weight excluding hydrogens is 278 g/mol. The van der Waals surface area contributed by atoms with Gasteiger partial charge in [0.25, 0.3) is 5.91 Å². The third-order valence-electron chi connectivity index (χ3n) is 3.37. The number of hydrogen-bond acceptors (Lipinski definition) is 3. The van der Waals surface area contributed by atoms with Crippen molar-refractivity contribution in [3.05, 3.63) is 65.7 Å². The number of benzene rings is 2. The molecule has 2 unspecified atom stereocenters. The normalized spacial score (nSPS) is 13.2. The van der Waals surface area contributed by atoms with Crippen LogP contribution >= 0.6 is 0 Å². The van der Waals surface area contributed by atoms with Gasteiger partial charge in [0.15, 0.2) is 6.10 Å². The topological polar surface area (TPSA) is 58.6 Å². The molecule has 0 fully saturated rings. The van der Waals surface area contributed by atoms with Crippen LogP contribution in [0.4, 0.5) is 0 Å². The predicted octanol–water partition coefficient (Wildman–Crippen LogP) is 2.61. The Kier molecular flexibility index (Phi) is 5.55. The molecule has 1 amide bonds. The zero-order valence-corrected chi connectivity index (χ0v) is 12.8. The van der Waals surface area contributed by atoms with Crippen molar-refractivity contribution in [3.8, 4) is 5.75 Å². The van der Waals surface area contributed by atoms with E-state index >= 15 is 0 Å². The highest BCUT2D eigenvalue weighted by molar-refractivity contribution is 5.81. The molecule has 0 heterocycles. The Bertz CT molecular complexity index is 613. The van der Waals surface area contributed by atoms with Gasteiger partial charge in [-0.3, -0.25) is 4.79 Å². The number of ether oxygens (including phenoxy) is 1. The van der Waals surface area contributed by atoms with Crippen LogP contribution in [0.5, 0.6) is 5.75 Å². The number of aryl methyl sites for hydroxylation is 1. The van der Waals surface area contributed by atoms with E-state index in [0.717, 1.165) is 11.1 Å². The van der Waals surface area contributed by atoms with Gasteiger partial charge < -0.3 is 15.2 Å². The zero-order valence-electron chi connectivity index (χ0n) is 12.8. The Balaban J connectivity index is 1.98. The van der Waals surface area contributed by atoms with Crippen LogP contribution in [0.25, 0.3) is 0 Å². The van der Waals surface area contributed by atoms with Crippen molar-refractivity contribution in [1.29, 1.82) is 0 Å². The zero-order chi connectivity index (χ0) is 15.9. The number of rotatable bonds is 6. The standard InChI is InChI=1S/C18H21NO3/c1-13-7-6-10-16(11-13)22-14(2)18(21)19-17(12-20)15-8-4-3-5-9-15/h3-11,14,17,20H,12H2,1-2H3,(H,19,21). The van der Waals surface area contributed by atoms with E-state index in [1.165, 1.54) is 0 Å². The second kappa shape index (κ2) is 7.61. The Hall–Kier alpha value is -2.33. The monoisotopic (exact) mass is 299 g/mol. The van der Waals surface area contributed by atoms with E-state index < -0.39 is 12.1 Å². The minimum atomic E-state index is -0.639. The second-order valence-electron chi connectivity index (χ2n) is 5.23. The fourth-order valence-corrected chi connectivity index (χ4v) is 2.16. The molecule has 0 spiro atoms. The first-order valence-electron chi connectivity index (χ1n) is 7.29. The Morgan fingerprint density at radius 3 is 2.55 bits per heavy atom. The van der Waals surface area contributed by atoms with Gasteiger partial charge in [-0.05, 0) is 37.1 Å². The third kappa shape index (κ3) is 4.33. The molecule has 2 rings (SSSR count). The van der Waals surface area contributed by atoms with Crippen molar-refractivity contribution in [1.82, 2.24) is 5.32 Å². The highest BCUT2D eigenvalue weighted by Crippen LogP contribution is 2.16. The summed E-state index contributed by atoms with van der Waals surface area (Å²) in [6, 6.07) is 16.5. The van der Waals surface area contributed by atoms with E-state index in [1.807, 2.05) is 61.5 Å². The van der Waals surface area contributed by atoms with Crippen molar-refractivity contribution in [3.63, 3.8) is 0 Å². The third-order valence-corrected chi connectivity index (χ3v) is 3.37. The molecule has 4 nitrogen and oxygen atoms in total. The molecule has 0 aliphatic carbocycles. The Morgan fingerprint density at radius 1 is 1.18 bits per heavy atom. The molecule has 0 bridgehead atoms. The Labute approximate surface area is 130 Å². The summed E-state index contributed by atoms with van der Waals surface area (Å²) in [5, 5.41) is 12.3. The first-order chi connectivity index (χ1) is 10.6. The first kappa shape index (κ1) is 16.0. The molecule has 0 radical (unpaired) electrons. The van der Waals surface area contributed by atoms with Crippen LogP contribution in [0.1, 0.15) is 24.1 Å². The van der Waals surface area contributed by atoms with Gasteiger partial charge in [0, 0.05) is 0 Å². The van der Waals surface area contributed by atoms with Gasteiger partial charge in [-0.25, -0.2) is 0 Å². The van der Waals surface area contributed by atoms with Crippen LogP contribution < -0.4 is 10.1 Å². The molecule has 22 heavy (non-hydrogen) atoms. The molecule has 0 aliphatic rings. The minimum Gasteiger partial charge on any atom is -0.481 e. The number of aliphatic hydroxyl groups is 1. The molecular formula is C18H21NO3. The predicted molar refractivity (Wildman–Crippen MR) is 85.7 cm³/mol. The number of aliphatic hydroxyl groups excluding tert-OH is 1. The van der Waals surface area contributed by atoms with Gasteiger partial charge in [0.2, 0.25) is 0 Å². The summed E-state index contributed by atoms with van der Waals surface area (Å²) in [5.74, 6) is 0.396.